The van der Waals surface area contributed by atoms with Gasteiger partial charge in [0.05, 0.1) is 10.4 Å². The summed E-state index contributed by atoms with van der Waals surface area (Å²) in [6.45, 7) is 10.2. The summed E-state index contributed by atoms with van der Waals surface area (Å²) in [6, 6.07) is 1.98. The fourth-order valence-corrected chi connectivity index (χ4v) is 7.18. The zero-order chi connectivity index (χ0) is 29.9. The molecule has 4 heterocycles. The molecule has 3 N–H and O–H groups in total. The molecule has 0 bridgehead atoms. The predicted molar refractivity (Wildman–Crippen MR) is 166 cm³/mol. The summed E-state index contributed by atoms with van der Waals surface area (Å²) in [5.74, 6) is -2.46. The molecule has 41 heavy (non-hydrogen) atoms. The van der Waals surface area contributed by atoms with Crippen LogP contribution in [0, 0.1) is 8.66 Å². The van der Waals surface area contributed by atoms with Crippen LogP contribution in [0.25, 0.3) is 23.1 Å². The van der Waals surface area contributed by atoms with Crippen molar-refractivity contribution in [1.29, 1.82) is 0 Å². The van der Waals surface area contributed by atoms with Crippen molar-refractivity contribution in [2.24, 2.45) is 0 Å². The summed E-state index contributed by atoms with van der Waals surface area (Å²) in [7, 11) is 0. The lowest BCUT2D eigenvalue weighted by Crippen LogP contribution is -2.44. The zero-order valence-electron chi connectivity index (χ0n) is 23.1. The molecule has 8 nitrogen and oxygen atoms in total. The summed E-state index contributed by atoms with van der Waals surface area (Å²) >= 11 is 11.8. The number of carbonyl (C=O) groups is 2. The Labute approximate surface area is 251 Å². The number of nitrogens with zero attached hydrogens (tertiary/aromatic N) is 2. The van der Waals surface area contributed by atoms with E-state index < -0.39 is 18.5 Å². The third-order valence-electron chi connectivity index (χ3n) is 8.01. The second kappa shape index (κ2) is 10.4. The molecule has 0 amide bonds. The molecule has 3 aromatic rings. The highest BCUT2D eigenvalue weighted by molar-refractivity contribution is 7.73. The molecule has 0 fully saturated rings. The lowest BCUT2D eigenvalue weighted by molar-refractivity contribution is -0.137. The topological polar surface area (TPSA) is 116 Å². The van der Waals surface area contributed by atoms with Gasteiger partial charge in [-0.2, -0.15) is 0 Å². The minimum Gasteiger partial charge on any atom is -0.493 e. The predicted octanol–water partition coefficient (Wildman–Crippen LogP) is 7.29. The molecule has 0 radical (unpaired) electrons. The first kappa shape index (κ1) is 29.0. The highest BCUT2D eigenvalue weighted by Crippen LogP contribution is 2.52. The normalized spacial score (nSPS) is 16.8. The Kier molecular flexibility index (Phi) is 7.36. The number of carboxylic acids is 2. The highest BCUT2D eigenvalue weighted by atomic mass is 32.1. The van der Waals surface area contributed by atoms with E-state index in [2.05, 4.69) is 38.3 Å². The van der Waals surface area contributed by atoms with Crippen LogP contribution in [0.3, 0.4) is 0 Å². The van der Waals surface area contributed by atoms with E-state index in [1.54, 1.807) is 12.2 Å². The van der Waals surface area contributed by atoms with E-state index in [0.717, 1.165) is 58.6 Å². The monoisotopic (exact) mass is 610 g/mol. The summed E-state index contributed by atoms with van der Waals surface area (Å²) in [5, 5.41) is 30.2. The third-order valence-corrected chi connectivity index (χ3v) is 9.70. The molecular weight excluding hydrogens is 581 g/mol. The molecule has 0 saturated carbocycles. The van der Waals surface area contributed by atoms with Gasteiger partial charge in [-0.3, -0.25) is 9.36 Å². The first-order valence-corrected chi connectivity index (χ1v) is 14.8. The molecule has 0 atom stereocenters. The maximum atomic E-state index is 12.7. The van der Waals surface area contributed by atoms with Gasteiger partial charge < -0.3 is 24.6 Å². The number of carboxylic acid groups (broad SMARTS) is 2. The number of aliphatic carboxylic acids is 1. The average molecular weight is 611 g/mol. The van der Waals surface area contributed by atoms with Gasteiger partial charge in [0.25, 0.3) is 0 Å². The summed E-state index contributed by atoms with van der Waals surface area (Å²) < 4.78 is 7.72. The molecule has 0 saturated heterocycles. The summed E-state index contributed by atoms with van der Waals surface area (Å²) in [4.78, 5) is 26.5. The van der Waals surface area contributed by atoms with Crippen LogP contribution in [0.1, 0.15) is 72.5 Å². The average Bonchev–Trinajstić information content (AvgIpc) is 3.13. The number of fused-ring (bicyclic) bond motifs is 2. The van der Waals surface area contributed by atoms with Crippen molar-refractivity contribution >= 4 is 76.5 Å². The number of hydrogen-bond acceptors (Lipinski definition) is 8. The SMILES string of the molecule is CC1(C)CCN2CCC(C)(C)c3c2c1cc1c(C(=O)O)c(C=CC=C=Cc2sc(=S)n(CC(=O)O)c2O)c(=S)oc31. The van der Waals surface area contributed by atoms with Gasteiger partial charge >= 0.3 is 11.9 Å². The number of thiazole rings is 1. The van der Waals surface area contributed by atoms with Crippen molar-refractivity contribution in [3.63, 3.8) is 0 Å². The van der Waals surface area contributed by atoms with Gasteiger partial charge in [0.2, 0.25) is 5.88 Å². The summed E-state index contributed by atoms with van der Waals surface area (Å²) in [5.41, 5.74) is 6.76. The standard InChI is InChI=1S/C30H30N2O6S3/c1-29(2)10-12-31-13-11-30(3,4)22-23(31)18(29)14-17-21(26(36)37)16(27(39)38-24(17)22)8-6-5-7-9-19-25(35)32(15-20(33)34)28(40)41-19/h5-6,8-9,14,35H,10-13,15H2,1-4H3,(H,33,34)(H,36,37). The molecular formula is C30H30N2O6S3. The fourth-order valence-electron chi connectivity index (χ4n) is 5.73. The van der Waals surface area contributed by atoms with Crippen LogP contribution < -0.4 is 4.90 Å². The first-order chi connectivity index (χ1) is 19.2. The number of allylic oxidation sites excluding steroid dienone is 2. The van der Waals surface area contributed by atoms with E-state index in [0.29, 0.717) is 15.8 Å². The van der Waals surface area contributed by atoms with E-state index in [4.69, 9.17) is 34.0 Å². The number of rotatable bonds is 6. The van der Waals surface area contributed by atoms with E-state index in [1.165, 1.54) is 12.2 Å². The Morgan fingerprint density at radius 1 is 1.15 bits per heavy atom. The van der Waals surface area contributed by atoms with Gasteiger partial charge in [-0.05, 0) is 71.9 Å². The van der Waals surface area contributed by atoms with Crippen molar-refractivity contribution in [3.8, 4) is 5.88 Å². The minimum atomic E-state index is -1.12. The van der Waals surface area contributed by atoms with Crippen LogP contribution in [0.4, 0.5) is 5.69 Å². The smallest absolute Gasteiger partial charge is 0.337 e. The molecule has 5 rings (SSSR count). The number of hydrogen-bond donors (Lipinski definition) is 3. The van der Waals surface area contributed by atoms with Crippen LogP contribution in [-0.4, -0.2) is 44.9 Å². The largest absolute Gasteiger partial charge is 0.493 e. The number of anilines is 1. The molecule has 0 spiro atoms. The van der Waals surface area contributed by atoms with Crippen molar-refractivity contribution < 1.29 is 29.3 Å². The van der Waals surface area contributed by atoms with Gasteiger partial charge in [0.15, 0.2) is 8.66 Å². The van der Waals surface area contributed by atoms with Gasteiger partial charge in [0, 0.05) is 41.4 Å². The molecule has 0 aliphatic carbocycles. The van der Waals surface area contributed by atoms with Crippen LogP contribution in [0.2, 0.25) is 0 Å². The Balaban J connectivity index is 1.64. The lowest BCUT2D eigenvalue weighted by atomic mass is 9.69. The Bertz CT molecular complexity index is 1830. The number of aromatic nitrogens is 1. The molecule has 2 aliphatic heterocycles. The molecule has 214 valence electrons. The molecule has 0 unspecified atom stereocenters. The van der Waals surface area contributed by atoms with E-state index in [1.807, 2.05) is 6.07 Å². The first-order valence-electron chi connectivity index (χ1n) is 13.1. The Hall–Kier alpha value is -3.50. The fraction of sp³-hybridized carbons (Fsp3) is 0.367. The van der Waals surface area contributed by atoms with Crippen LogP contribution in [0.5, 0.6) is 5.88 Å². The number of aromatic hydroxyl groups is 1. The second-order valence-electron chi connectivity index (χ2n) is 11.6. The van der Waals surface area contributed by atoms with E-state index in [9.17, 15) is 19.8 Å². The van der Waals surface area contributed by atoms with Crippen molar-refractivity contribution in [1.82, 2.24) is 4.57 Å². The number of aromatic carboxylic acids is 1. The van der Waals surface area contributed by atoms with Crippen molar-refractivity contribution in [3.05, 3.63) is 59.7 Å². The number of benzene rings is 1. The molecule has 2 aliphatic rings. The highest BCUT2D eigenvalue weighted by Gasteiger charge is 2.42. The van der Waals surface area contributed by atoms with E-state index >= 15 is 0 Å². The third kappa shape index (κ3) is 5.08. The maximum Gasteiger partial charge on any atom is 0.337 e. The van der Waals surface area contributed by atoms with Crippen molar-refractivity contribution in [2.45, 2.75) is 57.9 Å². The molecule has 2 aromatic heterocycles. The molecule has 1 aromatic carbocycles. The minimum absolute atomic E-state index is 0.0871. The lowest BCUT2D eigenvalue weighted by Gasteiger charge is -2.48. The van der Waals surface area contributed by atoms with Gasteiger partial charge in [-0.25, -0.2) is 4.79 Å². The van der Waals surface area contributed by atoms with Crippen LogP contribution in [0.15, 0.2) is 28.4 Å². The van der Waals surface area contributed by atoms with E-state index in [-0.39, 0.29) is 36.5 Å². The maximum absolute atomic E-state index is 12.7. The Morgan fingerprint density at radius 3 is 2.49 bits per heavy atom. The Morgan fingerprint density at radius 2 is 1.83 bits per heavy atom. The van der Waals surface area contributed by atoms with Gasteiger partial charge in [-0.1, -0.05) is 33.8 Å². The second-order valence-corrected chi connectivity index (χ2v) is 13.7. The zero-order valence-corrected chi connectivity index (χ0v) is 25.6. The van der Waals surface area contributed by atoms with Crippen LogP contribution in [-0.2, 0) is 22.2 Å². The summed E-state index contributed by atoms with van der Waals surface area (Å²) in [6.07, 6.45) is 8.08. The van der Waals surface area contributed by atoms with Gasteiger partial charge in [0.1, 0.15) is 12.1 Å². The van der Waals surface area contributed by atoms with Gasteiger partial charge in [-0.15, -0.1) is 17.1 Å². The quantitative estimate of drug-likeness (QED) is 0.150. The van der Waals surface area contributed by atoms with Crippen molar-refractivity contribution in [2.75, 3.05) is 18.0 Å². The molecule has 11 heteroatoms. The van der Waals surface area contributed by atoms with Crippen LogP contribution >= 0.6 is 35.8 Å².